The van der Waals surface area contributed by atoms with Gasteiger partial charge in [0.1, 0.15) is 0 Å². The number of benzene rings is 1. The van der Waals surface area contributed by atoms with Gasteiger partial charge < -0.3 is 9.57 Å². The van der Waals surface area contributed by atoms with Crippen molar-refractivity contribution in [2.75, 3.05) is 6.61 Å². The van der Waals surface area contributed by atoms with Crippen molar-refractivity contribution in [3.05, 3.63) is 35.9 Å². The maximum Gasteiger partial charge on any atom is 0.533 e. The molecule has 0 aromatic heterocycles. The Morgan fingerprint density at radius 2 is 1.86 bits per heavy atom. The first-order valence-electron chi connectivity index (χ1n) is 7.37. The minimum atomic E-state index is -0.873. The molecule has 0 bridgehead atoms. The fraction of sp³-hybridized carbons (Fsp3) is 0.500. The molecule has 116 valence electrons. The molecule has 0 aliphatic carbocycles. The van der Waals surface area contributed by atoms with Crippen LogP contribution in [0, 0.1) is 0 Å². The number of nitrogens with one attached hydrogen (secondary N) is 1. The average molecular weight is 293 g/mol. The molecule has 5 heteroatoms. The fourth-order valence-electron chi connectivity index (χ4n) is 1.96. The second-order valence-electron chi connectivity index (χ2n) is 4.75. The molecule has 21 heavy (non-hydrogen) atoms. The molecule has 1 atom stereocenters. The molecule has 0 aliphatic heterocycles. The van der Waals surface area contributed by atoms with Crippen molar-refractivity contribution in [2.24, 2.45) is 0 Å². The molecule has 0 saturated heterocycles. The van der Waals surface area contributed by atoms with Gasteiger partial charge in [0.2, 0.25) is 0 Å². The van der Waals surface area contributed by atoms with E-state index >= 15 is 0 Å². The van der Waals surface area contributed by atoms with Gasteiger partial charge in [0, 0.05) is 0 Å². The van der Waals surface area contributed by atoms with Crippen molar-refractivity contribution >= 4 is 12.1 Å². The topological polar surface area (TPSA) is 64.6 Å². The summed E-state index contributed by atoms with van der Waals surface area (Å²) >= 11 is 0. The molecule has 1 aromatic carbocycles. The van der Waals surface area contributed by atoms with E-state index in [9.17, 15) is 9.59 Å². The molecule has 5 nitrogen and oxygen atoms in total. The number of hydroxylamine groups is 1. The van der Waals surface area contributed by atoms with E-state index in [1.807, 2.05) is 37.3 Å². The van der Waals surface area contributed by atoms with Crippen LogP contribution in [0.5, 0.6) is 0 Å². The Bertz CT molecular complexity index is 433. The van der Waals surface area contributed by atoms with Crippen LogP contribution in [0.4, 0.5) is 4.79 Å². The van der Waals surface area contributed by atoms with Gasteiger partial charge in [-0.2, -0.15) is 5.48 Å². The largest absolute Gasteiger partial charge is 0.533 e. The number of carbonyl (C=O) groups excluding carboxylic acids is 2. The van der Waals surface area contributed by atoms with Crippen LogP contribution in [0.3, 0.4) is 0 Å². The number of carbonyl (C=O) groups is 2. The van der Waals surface area contributed by atoms with E-state index in [0.717, 1.165) is 24.8 Å². The first-order chi connectivity index (χ1) is 10.2. The Kier molecular flexibility index (Phi) is 7.94. The van der Waals surface area contributed by atoms with Gasteiger partial charge in [-0.3, -0.25) is 4.79 Å². The minimum Gasteiger partial charge on any atom is -0.433 e. The summed E-state index contributed by atoms with van der Waals surface area (Å²) in [5, 5.41) is 0. The average Bonchev–Trinajstić information content (AvgIpc) is 2.51. The fourth-order valence-corrected chi connectivity index (χ4v) is 1.96. The highest BCUT2D eigenvalue weighted by Gasteiger charge is 2.20. The van der Waals surface area contributed by atoms with Crippen molar-refractivity contribution < 1.29 is 19.2 Å². The Labute approximate surface area is 125 Å². The zero-order chi connectivity index (χ0) is 15.5. The van der Waals surface area contributed by atoms with Crippen molar-refractivity contribution in [1.29, 1.82) is 0 Å². The molecule has 1 aromatic rings. The van der Waals surface area contributed by atoms with Crippen LogP contribution in [0.25, 0.3) is 0 Å². The van der Waals surface area contributed by atoms with Gasteiger partial charge in [-0.05, 0) is 18.4 Å². The second-order valence-corrected chi connectivity index (χ2v) is 4.75. The molecule has 0 fully saturated rings. The third-order valence-electron chi connectivity index (χ3n) is 3.13. The molecule has 0 spiro atoms. The first kappa shape index (κ1) is 17.0. The zero-order valence-electron chi connectivity index (χ0n) is 12.6. The van der Waals surface area contributed by atoms with E-state index < -0.39 is 6.16 Å². The lowest BCUT2D eigenvalue weighted by atomic mass is 9.96. The van der Waals surface area contributed by atoms with E-state index in [1.54, 1.807) is 0 Å². The number of rotatable bonds is 7. The van der Waals surface area contributed by atoms with E-state index in [-0.39, 0.29) is 11.8 Å². The summed E-state index contributed by atoms with van der Waals surface area (Å²) < 4.78 is 4.84. The molecule has 0 heterocycles. The molecule has 0 radical (unpaired) electrons. The van der Waals surface area contributed by atoms with Crippen LogP contribution < -0.4 is 5.48 Å². The lowest BCUT2D eigenvalue weighted by molar-refractivity contribution is -0.133. The smallest absolute Gasteiger partial charge is 0.433 e. The molecule has 1 rings (SSSR count). The molecule has 0 saturated carbocycles. The van der Waals surface area contributed by atoms with E-state index in [0.29, 0.717) is 13.0 Å². The monoisotopic (exact) mass is 293 g/mol. The van der Waals surface area contributed by atoms with Crippen LogP contribution in [-0.4, -0.2) is 18.7 Å². The van der Waals surface area contributed by atoms with Crippen LogP contribution in [0.2, 0.25) is 0 Å². The van der Waals surface area contributed by atoms with E-state index in [2.05, 4.69) is 17.2 Å². The summed E-state index contributed by atoms with van der Waals surface area (Å²) in [5.41, 5.74) is 3.05. The number of amides is 1. The van der Waals surface area contributed by atoms with Gasteiger partial charge in [0.25, 0.3) is 5.91 Å². The molecule has 1 N–H and O–H groups in total. The quantitative estimate of drug-likeness (QED) is 0.474. The molecular weight excluding hydrogens is 270 g/mol. The first-order valence-corrected chi connectivity index (χ1v) is 7.37. The highest BCUT2D eigenvalue weighted by atomic mass is 16.8. The maximum absolute atomic E-state index is 12.0. The van der Waals surface area contributed by atoms with Crippen LogP contribution >= 0.6 is 0 Å². The minimum absolute atomic E-state index is 0.304. The zero-order valence-corrected chi connectivity index (χ0v) is 12.6. The third-order valence-corrected chi connectivity index (χ3v) is 3.13. The Morgan fingerprint density at radius 1 is 1.14 bits per heavy atom. The molecule has 1 amide bonds. The molecule has 1 unspecified atom stereocenters. The second kappa shape index (κ2) is 9.80. The maximum atomic E-state index is 12.0. The number of unbranched alkanes of at least 4 members (excludes halogenated alkanes) is 2. The summed E-state index contributed by atoms with van der Waals surface area (Å²) in [6.45, 7) is 4.27. The number of hydrogen-bond acceptors (Lipinski definition) is 4. The molecular formula is C16H23NO4. The van der Waals surface area contributed by atoms with E-state index in [1.165, 1.54) is 0 Å². The third kappa shape index (κ3) is 6.29. The van der Waals surface area contributed by atoms with Crippen LogP contribution in [0.1, 0.15) is 51.0 Å². The van der Waals surface area contributed by atoms with Gasteiger partial charge in [-0.1, -0.05) is 57.0 Å². The SMILES string of the molecule is CCCCCOC(=O)ONC(=O)C(CC)c1ccccc1. The van der Waals surface area contributed by atoms with Gasteiger partial charge >= 0.3 is 6.16 Å². The normalized spacial score (nSPS) is 11.5. The predicted molar refractivity (Wildman–Crippen MR) is 79.6 cm³/mol. The van der Waals surface area contributed by atoms with Crippen molar-refractivity contribution in [3.8, 4) is 0 Å². The lowest BCUT2D eigenvalue weighted by Crippen LogP contribution is -2.32. The predicted octanol–water partition coefficient (Wildman–Crippen LogP) is 3.55. The highest BCUT2D eigenvalue weighted by molar-refractivity contribution is 5.83. The number of hydrogen-bond donors (Lipinski definition) is 1. The standard InChI is InChI=1S/C16H23NO4/c1-3-5-9-12-20-16(19)21-17-15(18)14(4-2)13-10-7-6-8-11-13/h6-8,10-11,14H,3-5,9,12H2,1-2H3,(H,17,18). The molecule has 0 aliphatic rings. The summed E-state index contributed by atoms with van der Waals surface area (Å²) in [7, 11) is 0. The van der Waals surface area contributed by atoms with Crippen LogP contribution in [0.15, 0.2) is 30.3 Å². The highest BCUT2D eigenvalue weighted by Crippen LogP contribution is 2.19. The van der Waals surface area contributed by atoms with Crippen LogP contribution in [-0.2, 0) is 14.4 Å². The summed E-state index contributed by atoms with van der Waals surface area (Å²) in [4.78, 5) is 27.9. The van der Waals surface area contributed by atoms with Crippen molar-refractivity contribution in [1.82, 2.24) is 5.48 Å². The summed E-state index contributed by atoms with van der Waals surface area (Å²) in [6.07, 6.45) is 2.57. The number of ether oxygens (including phenoxy) is 1. The Balaban J connectivity index is 2.36. The summed E-state index contributed by atoms with van der Waals surface area (Å²) in [5.74, 6) is -0.701. The van der Waals surface area contributed by atoms with Gasteiger partial charge in [0.05, 0.1) is 12.5 Å². The van der Waals surface area contributed by atoms with Gasteiger partial charge in [0.15, 0.2) is 0 Å². The Hall–Kier alpha value is -2.04. The van der Waals surface area contributed by atoms with Crippen molar-refractivity contribution in [2.45, 2.75) is 45.4 Å². The van der Waals surface area contributed by atoms with Gasteiger partial charge in [-0.15, -0.1) is 0 Å². The van der Waals surface area contributed by atoms with Crippen molar-refractivity contribution in [3.63, 3.8) is 0 Å². The lowest BCUT2D eigenvalue weighted by Gasteiger charge is -2.14. The Morgan fingerprint density at radius 3 is 2.48 bits per heavy atom. The summed E-state index contributed by atoms with van der Waals surface area (Å²) in [6, 6.07) is 9.37. The van der Waals surface area contributed by atoms with E-state index in [4.69, 9.17) is 4.74 Å². The van der Waals surface area contributed by atoms with Gasteiger partial charge in [-0.25, -0.2) is 4.79 Å².